The second kappa shape index (κ2) is 5.72. The van der Waals surface area contributed by atoms with E-state index < -0.39 is 0 Å². The van der Waals surface area contributed by atoms with Crippen molar-refractivity contribution in [2.75, 3.05) is 12.8 Å². The van der Waals surface area contributed by atoms with Gasteiger partial charge in [-0.2, -0.15) is 5.26 Å². The maximum atomic E-state index is 8.87. The van der Waals surface area contributed by atoms with Gasteiger partial charge in [-0.25, -0.2) is 0 Å². The fourth-order valence-electron chi connectivity index (χ4n) is 1.74. The average Bonchev–Trinajstić information content (AvgIpc) is 2.45. The van der Waals surface area contributed by atoms with Crippen LogP contribution < -0.4 is 15.2 Å². The molecule has 0 unspecified atom stereocenters. The number of nitrogens with two attached hydrogens (primary N) is 1. The number of anilines is 1. The number of ether oxygens (including phenoxy) is 2. The van der Waals surface area contributed by atoms with Crippen LogP contribution in [0.5, 0.6) is 17.2 Å². The van der Waals surface area contributed by atoms with E-state index in [0.29, 0.717) is 33.5 Å². The molecule has 0 atom stereocenters. The van der Waals surface area contributed by atoms with Crippen LogP contribution in [0.15, 0.2) is 30.3 Å². The van der Waals surface area contributed by atoms with Crippen molar-refractivity contribution < 1.29 is 9.47 Å². The second-order valence-corrected chi connectivity index (χ2v) is 4.63. The minimum atomic E-state index is 0.429. The summed E-state index contributed by atoms with van der Waals surface area (Å²) in [4.78, 5) is 0. The Morgan fingerprint density at radius 3 is 2.55 bits per heavy atom. The van der Waals surface area contributed by atoms with Crippen molar-refractivity contribution >= 4 is 17.3 Å². The van der Waals surface area contributed by atoms with Crippen molar-refractivity contribution in [1.82, 2.24) is 0 Å². The van der Waals surface area contributed by atoms with E-state index in [1.807, 2.05) is 13.0 Å². The van der Waals surface area contributed by atoms with E-state index >= 15 is 0 Å². The Morgan fingerprint density at radius 2 is 1.90 bits per heavy atom. The molecule has 0 amide bonds. The third kappa shape index (κ3) is 2.79. The summed E-state index contributed by atoms with van der Waals surface area (Å²) in [5.41, 5.74) is 7.59. The molecule has 0 aliphatic carbocycles. The van der Waals surface area contributed by atoms with Gasteiger partial charge in [-0.05, 0) is 30.7 Å². The first-order chi connectivity index (χ1) is 9.55. The molecule has 4 nitrogen and oxygen atoms in total. The van der Waals surface area contributed by atoms with Gasteiger partial charge in [-0.15, -0.1) is 0 Å². The first kappa shape index (κ1) is 14.0. The first-order valence-electron chi connectivity index (χ1n) is 5.86. The fraction of sp³-hybridized carbons (Fsp3) is 0.133. The SMILES string of the molecule is COc1cc(C#N)ccc1Oc1cc(Cl)c(N)cc1C. The van der Waals surface area contributed by atoms with Crippen LogP contribution >= 0.6 is 11.6 Å². The number of nitrogens with zero attached hydrogens (tertiary/aromatic N) is 1. The molecule has 0 radical (unpaired) electrons. The minimum absolute atomic E-state index is 0.429. The number of nitriles is 1. The summed E-state index contributed by atoms with van der Waals surface area (Å²) in [6, 6.07) is 10.4. The van der Waals surface area contributed by atoms with Gasteiger partial charge in [0.2, 0.25) is 0 Å². The summed E-state index contributed by atoms with van der Waals surface area (Å²) in [7, 11) is 1.52. The molecule has 0 aliphatic rings. The summed E-state index contributed by atoms with van der Waals surface area (Å²) >= 11 is 5.99. The molecule has 0 aliphatic heterocycles. The van der Waals surface area contributed by atoms with E-state index in [4.69, 9.17) is 32.1 Å². The smallest absolute Gasteiger partial charge is 0.169 e. The summed E-state index contributed by atoms with van der Waals surface area (Å²) in [6.07, 6.45) is 0. The molecule has 0 saturated carbocycles. The van der Waals surface area contributed by atoms with E-state index in [0.717, 1.165) is 5.56 Å². The number of aryl methyl sites for hydroxylation is 1. The van der Waals surface area contributed by atoms with Gasteiger partial charge < -0.3 is 15.2 Å². The Bertz CT molecular complexity index is 693. The molecule has 2 aromatic rings. The zero-order valence-electron chi connectivity index (χ0n) is 11.1. The molecule has 2 rings (SSSR count). The van der Waals surface area contributed by atoms with Crippen molar-refractivity contribution in [3.05, 3.63) is 46.5 Å². The van der Waals surface area contributed by atoms with E-state index in [-0.39, 0.29) is 0 Å². The van der Waals surface area contributed by atoms with Gasteiger partial charge in [0.25, 0.3) is 0 Å². The molecule has 2 N–H and O–H groups in total. The Labute approximate surface area is 122 Å². The van der Waals surface area contributed by atoms with Crippen LogP contribution in [-0.2, 0) is 0 Å². The lowest BCUT2D eigenvalue weighted by Gasteiger charge is -2.13. The highest BCUT2D eigenvalue weighted by Gasteiger charge is 2.10. The first-order valence-corrected chi connectivity index (χ1v) is 6.24. The molecule has 5 heteroatoms. The molecule has 0 saturated heterocycles. The molecule has 2 aromatic carbocycles. The lowest BCUT2D eigenvalue weighted by Crippen LogP contribution is -1.95. The molecule has 0 aromatic heterocycles. The van der Waals surface area contributed by atoms with Gasteiger partial charge in [0.1, 0.15) is 5.75 Å². The number of hydrogen-bond donors (Lipinski definition) is 1. The summed E-state index contributed by atoms with van der Waals surface area (Å²) in [5, 5.41) is 9.30. The van der Waals surface area contributed by atoms with Crippen LogP contribution in [-0.4, -0.2) is 7.11 Å². The van der Waals surface area contributed by atoms with Crippen LogP contribution in [0.3, 0.4) is 0 Å². The number of benzene rings is 2. The summed E-state index contributed by atoms with van der Waals surface area (Å²) in [6.45, 7) is 1.87. The van der Waals surface area contributed by atoms with E-state index in [9.17, 15) is 0 Å². The topological polar surface area (TPSA) is 68.3 Å². The molecular formula is C15H13ClN2O2. The number of hydrogen-bond acceptors (Lipinski definition) is 4. The lowest BCUT2D eigenvalue weighted by molar-refractivity contribution is 0.378. The Kier molecular flexibility index (Phi) is 4.02. The molecular weight excluding hydrogens is 276 g/mol. The van der Waals surface area contributed by atoms with Crippen molar-refractivity contribution in [2.24, 2.45) is 0 Å². The predicted octanol–water partition coefficient (Wildman–Crippen LogP) is 3.90. The van der Waals surface area contributed by atoms with E-state index in [1.54, 1.807) is 30.3 Å². The van der Waals surface area contributed by atoms with Gasteiger partial charge >= 0.3 is 0 Å². The molecule has 0 fully saturated rings. The lowest BCUT2D eigenvalue weighted by atomic mass is 10.2. The molecule has 0 spiro atoms. The average molecular weight is 289 g/mol. The van der Waals surface area contributed by atoms with Gasteiger partial charge in [-0.1, -0.05) is 11.6 Å². The van der Waals surface area contributed by atoms with Crippen molar-refractivity contribution in [2.45, 2.75) is 6.92 Å². The van der Waals surface area contributed by atoms with Gasteiger partial charge in [-0.3, -0.25) is 0 Å². The second-order valence-electron chi connectivity index (χ2n) is 4.22. The maximum absolute atomic E-state index is 8.87. The normalized spacial score (nSPS) is 9.90. The molecule has 0 bridgehead atoms. The van der Waals surface area contributed by atoms with Crippen molar-refractivity contribution in [1.29, 1.82) is 5.26 Å². The Balaban J connectivity index is 2.40. The Hall–Kier alpha value is -2.38. The quantitative estimate of drug-likeness (QED) is 0.870. The number of methoxy groups -OCH3 is 1. The minimum Gasteiger partial charge on any atom is -0.493 e. The fourth-order valence-corrected chi connectivity index (χ4v) is 1.89. The third-order valence-electron chi connectivity index (χ3n) is 2.81. The zero-order valence-corrected chi connectivity index (χ0v) is 11.9. The highest BCUT2D eigenvalue weighted by atomic mass is 35.5. The van der Waals surface area contributed by atoms with Crippen LogP contribution in [0.4, 0.5) is 5.69 Å². The monoisotopic (exact) mass is 288 g/mol. The largest absolute Gasteiger partial charge is 0.493 e. The van der Waals surface area contributed by atoms with Gasteiger partial charge in [0, 0.05) is 12.1 Å². The summed E-state index contributed by atoms with van der Waals surface area (Å²) < 4.78 is 11.0. The number of rotatable bonds is 3. The molecule has 0 heterocycles. The highest BCUT2D eigenvalue weighted by molar-refractivity contribution is 6.33. The van der Waals surface area contributed by atoms with Crippen LogP contribution in [0.2, 0.25) is 5.02 Å². The number of halogens is 1. The van der Waals surface area contributed by atoms with E-state index in [2.05, 4.69) is 0 Å². The molecule has 20 heavy (non-hydrogen) atoms. The van der Waals surface area contributed by atoms with Crippen LogP contribution in [0, 0.1) is 18.3 Å². The molecule has 102 valence electrons. The van der Waals surface area contributed by atoms with Crippen LogP contribution in [0.25, 0.3) is 0 Å². The maximum Gasteiger partial charge on any atom is 0.169 e. The Morgan fingerprint density at radius 1 is 1.15 bits per heavy atom. The summed E-state index contributed by atoms with van der Waals surface area (Å²) in [5.74, 6) is 1.58. The number of nitrogen functional groups attached to an aromatic ring is 1. The highest BCUT2D eigenvalue weighted by Crippen LogP contribution is 2.36. The van der Waals surface area contributed by atoms with Crippen molar-refractivity contribution in [3.8, 4) is 23.3 Å². The zero-order chi connectivity index (χ0) is 14.7. The van der Waals surface area contributed by atoms with E-state index in [1.165, 1.54) is 7.11 Å². The predicted molar refractivity (Wildman–Crippen MR) is 78.4 cm³/mol. The van der Waals surface area contributed by atoms with Crippen LogP contribution in [0.1, 0.15) is 11.1 Å². The van der Waals surface area contributed by atoms with Crippen molar-refractivity contribution in [3.63, 3.8) is 0 Å². The van der Waals surface area contributed by atoms with Gasteiger partial charge in [0.05, 0.1) is 29.5 Å². The third-order valence-corrected chi connectivity index (χ3v) is 3.13. The van der Waals surface area contributed by atoms with Gasteiger partial charge in [0.15, 0.2) is 11.5 Å². The standard InChI is InChI=1S/C15H13ClN2O2/c1-9-5-12(18)11(16)7-14(9)20-13-4-3-10(8-17)6-15(13)19-2/h3-7H,18H2,1-2H3.